The number of nitriles is 1. The smallest absolute Gasteiger partial charge is 0.274 e. The van der Waals surface area contributed by atoms with Crippen LogP contribution >= 0.6 is 0 Å². The monoisotopic (exact) mass is 628 g/mol. The molecule has 12 heteroatoms. The number of benzene rings is 2. The third-order valence-corrected chi connectivity index (χ3v) is 7.05. The van der Waals surface area contributed by atoms with Crippen LogP contribution in [-0.2, 0) is 27.3 Å². The molecule has 0 aliphatic heterocycles. The van der Waals surface area contributed by atoms with Crippen molar-refractivity contribution in [2.24, 2.45) is 5.92 Å². The summed E-state index contributed by atoms with van der Waals surface area (Å²) in [7, 11) is 1.56. The fourth-order valence-corrected chi connectivity index (χ4v) is 4.46. The zero-order valence-corrected chi connectivity index (χ0v) is 26.8. The van der Waals surface area contributed by atoms with Crippen LogP contribution in [0.3, 0.4) is 0 Å². The normalized spacial score (nSPS) is 13.2. The molecule has 12 nitrogen and oxygen atoms in total. The lowest BCUT2D eigenvalue weighted by atomic mass is 10.0. The van der Waals surface area contributed by atoms with Gasteiger partial charge >= 0.3 is 0 Å². The number of anilines is 1. The van der Waals surface area contributed by atoms with E-state index in [2.05, 4.69) is 21.1 Å². The van der Waals surface area contributed by atoms with Crippen LogP contribution < -0.4 is 20.9 Å². The van der Waals surface area contributed by atoms with E-state index in [-0.39, 0.29) is 30.2 Å². The molecule has 0 aliphatic carbocycles. The third-order valence-electron chi connectivity index (χ3n) is 7.05. The molecule has 0 aliphatic rings. The number of likely N-dealkylation sites (N-methyl/N-ethyl adjacent to an activating group) is 1. The molecule has 0 saturated heterocycles. The minimum Gasteiger partial charge on any atom is -0.391 e. The average Bonchev–Trinajstić information content (AvgIpc) is 3.47. The van der Waals surface area contributed by atoms with Gasteiger partial charge in [0.05, 0.1) is 6.10 Å². The summed E-state index contributed by atoms with van der Waals surface area (Å²) in [5.74, 6) is -2.01. The summed E-state index contributed by atoms with van der Waals surface area (Å²) < 4.78 is 4.92. The molecule has 2 aromatic carbocycles. The summed E-state index contributed by atoms with van der Waals surface area (Å²) in [6, 6.07) is 15.3. The Balaban J connectivity index is 1.80. The van der Waals surface area contributed by atoms with E-state index in [1.54, 1.807) is 44.3 Å². The first-order valence-corrected chi connectivity index (χ1v) is 14.8. The van der Waals surface area contributed by atoms with Crippen molar-refractivity contribution in [1.29, 1.82) is 5.26 Å². The molecular formula is C34H40N6O6. The highest BCUT2D eigenvalue weighted by molar-refractivity contribution is 6.08. The van der Waals surface area contributed by atoms with Gasteiger partial charge in [-0.15, -0.1) is 0 Å². The molecule has 3 unspecified atom stereocenters. The van der Waals surface area contributed by atoms with Crippen LogP contribution in [0.5, 0.6) is 0 Å². The maximum atomic E-state index is 13.4. The van der Waals surface area contributed by atoms with Crippen molar-refractivity contribution in [3.63, 3.8) is 0 Å². The minimum absolute atomic E-state index is 0.0203. The van der Waals surface area contributed by atoms with Crippen molar-refractivity contribution >= 4 is 29.3 Å². The Hall–Kier alpha value is -5.28. The molecule has 1 aromatic heterocycles. The number of aryl methyl sites for hydroxylation is 2. The second-order valence-corrected chi connectivity index (χ2v) is 11.5. The van der Waals surface area contributed by atoms with E-state index in [9.17, 15) is 29.5 Å². The Bertz CT molecular complexity index is 1600. The topological polar surface area (TPSA) is 178 Å². The van der Waals surface area contributed by atoms with E-state index in [0.29, 0.717) is 17.0 Å². The summed E-state index contributed by atoms with van der Waals surface area (Å²) in [5.41, 5.74) is 3.10. The number of allylic oxidation sites excluding steroid dienone is 1. The molecule has 0 saturated carbocycles. The van der Waals surface area contributed by atoms with Gasteiger partial charge < -0.3 is 30.5 Å². The first-order valence-electron chi connectivity index (χ1n) is 14.8. The zero-order chi connectivity index (χ0) is 34.0. The van der Waals surface area contributed by atoms with Crippen LogP contribution in [0.1, 0.15) is 53.7 Å². The van der Waals surface area contributed by atoms with E-state index < -0.39 is 41.8 Å². The summed E-state index contributed by atoms with van der Waals surface area (Å²) in [6.45, 7) is 8.87. The van der Waals surface area contributed by atoms with E-state index in [1.165, 1.54) is 17.9 Å². The van der Waals surface area contributed by atoms with Gasteiger partial charge in [0.15, 0.2) is 5.69 Å². The summed E-state index contributed by atoms with van der Waals surface area (Å²) >= 11 is 0. The van der Waals surface area contributed by atoms with Gasteiger partial charge in [0.2, 0.25) is 11.8 Å². The number of rotatable bonds is 13. The van der Waals surface area contributed by atoms with Crippen LogP contribution in [0.2, 0.25) is 0 Å². The number of hydrogen-bond donors (Lipinski definition) is 4. The maximum Gasteiger partial charge on any atom is 0.274 e. The number of aliphatic hydroxyl groups excluding tert-OH is 1. The van der Waals surface area contributed by atoms with Crippen LogP contribution in [-0.4, -0.2) is 59.1 Å². The predicted molar refractivity (Wildman–Crippen MR) is 171 cm³/mol. The predicted octanol–water partition coefficient (Wildman–Crippen LogP) is 2.88. The highest BCUT2D eigenvalue weighted by Gasteiger charge is 2.31. The van der Waals surface area contributed by atoms with Gasteiger partial charge in [-0.3, -0.25) is 19.2 Å². The molecule has 1 heterocycles. The van der Waals surface area contributed by atoms with Crippen molar-refractivity contribution < 1.29 is 28.8 Å². The van der Waals surface area contributed by atoms with Crippen LogP contribution in [0, 0.1) is 31.1 Å². The lowest BCUT2D eigenvalue weighted by molar-refractivity contribution is -0.131. The number of aromatic nitrogens is 1. The van der Waals surface area contributed by atoms with Gasteiger partial charge in [-0.25, -0.2) is 0 Å². The van der Waals surface area contributed by atoms with Crippen LogP contribution in [0.25, 0.3) is 0 Å². The van der Waals surface area contributed by atoms with Crippen molar-refractivity contribution in [2.45, 2.75) is 65.8 Å². The van der Waals surface area contributed by atoms with E-state index in [0.717, 1.165) is 11.1 Å². The molecule has 3 aromatic rings. The Kier molecular flexibility index (Phi) is 12.4. The molecular weight excluding hydrogens is 588 g/mol. The molecule has 3 atom stereocenters. The van der Waals surface area contributed by atoms with E-state index in [1.807, 2.05) is 51.1 Å². The first kappa shape index (κ1) is 35.2. The fourth-order valence-electron chi connectivity index (χ4n) is 4.46. The van der Waals surface area contributed by atoms with Gasteiger partial charge in [-0.1, -0.05) is 67.0 Å². The molecule has 0 spiro atoms. The van der Waals surface area contributed by atoms with Crippen molar-refractivity contribution in [3.05, 3.63) is 94.4 Å². The van der Waals surface area contributed by atoms with Gasteiger partial charge in [-0.05, 0) is 49.9 Å². The van der Waals surface area contributed by atoms with Crippen LogP contribution in [0.15, 0.2) is 70.8 Å². The Labute approximate surface area is 268 Å². The highest BCUT2D eigenvalue weighted by Crippen LogP contribution is 2.18. The number of hydrogen-bond acceptors (Lipinski definition) is 8. The van der Waals surface area contributed by atoms with Crippen molar-refractivity contribution in [2.75, 3.05) is 11.9 Å². The second kappa shape index (κ2) is 16.2. The Morgan fingerprint density at radius 3 is 2.15 bits per heavy atom. The summed E-state index contributed by atoms with van der Waals surface area (Å²) in [5, 5.41) is 31.4. The first-order chi connectivity index (χ1) is 21.8. The van der Waals surface area contributed by atoms with Crippen molar-refractivity contribution in [3.8, 4) is 6.07 Å². The Morgan fingerprint density at radius 1 is 0.978 bits per heavy atom. The molecule has 4 N–H and O–H groups in total. The minimum atomic E-state index is -1.40. The quantitative estimate of drug-likeness (QED) is 0.165. The summed E-state index contributed by atoms with van der Waals surface area (Å²) in [6.07, 6.45) is 0.359. The number of nitrogens with one attached hydrogen (secondary N) is 3. The standard InChI is InChI=1S/C34H40N6O6/c1-20(2)15-26(18-35)34(45)40(6)27-13-11-24(12-14-27)17-28(31(42)36-19-25-9-7-21(3)8-10-25)37-33(44)30(23(5)41)38-32(43)29-16-22(4)46-39-29/h7-16,20,23,28,30,41H,17,19H2,1-6H3,(H,36,42)(H,37,44)(H,38,43). The van der Waals surface area contributed by atoms with Crippen molar-refractivity contribution in [1.82, 2.24) is 21.1 Å². The van der Waals surface area contributed by atoms with E-state index >= 15 is 0 Å². The number of aliphatic hydroxyl groups is 1. The molecule has 0 bridgehead atoms. The molecule has 3 rings (SSSR count). The summed E-state index contributed by atoms with van der Waals surface area (Å²) in [4.78, 5) is 53.7. The number of amides is 4. The largest absolute Gasteiger partial charge is 0.391 e. The number of carbonyl (C=O) groups excluding carboxylic acids is 4. The third kappa shape index (κ3) is 9.87. The van der Waals surface area contributed by atoms with E-state index in [4.69, 9.17) is 4.52 Å². The fraction of sp³-hybridized carbons (Fsp3) is 0.353. The van der Waals surface area contributed by atoms with Gasteiger partial charge in [-0.2, -0.15) is 5.26 Å². The SMILES string of the molecule is Cc1ccc(CNC(=O)C(Cc2ccc(N(C)C(=O)C(C#N)=CC(C)C)cc2)NC(=O)C(NC(=O)c2cc(C)on2)C(C)O)cc1. The highest BCUT2D eigenvalue weighted by atomic mass is 16.5. The second-order valence-electron chi connectivity index (χ2n) is 11.5. The number of carbonyl (C=O) groups is 4. The zero-order valence-electron chi connectivity index (χ0n) is 26.8. The molecule has 0 fully saturated rings. The number of nitrogens with zero attached hydrogens (tertiary/aromatic N) is 3. The molecule has 0 radical (unpaired) electrons. The maximum absolute atomic E-state index is 13.4. The Morgan fingerprint density at radius 2 is 1.61 bits per heavy atom. The molecule has 242 valence electrons. The lowest BCUT2D eigenvalue weighted by Gasteiger charge is -2.25. The van der Waals surface area contributed by atoms with Gasteiger partial charge in [0, 0.05) is 31.8 Å². The van der Waals surface area contributed by atoms with Gasteiger partial charge in [0.1, 0.15) is 29.5 Å². The lowest BCUT2D eigenvalue weighted by Crippen LogP contribution is -2.57. The van der Waals surface area contributed by atoms with Crippen LogP contribution in [0.4, 0.5) is 5.69 Å². The van der Waals surface area contributed by atoms with Gasteiger partial charge in [0.25, 0.3) is 11.8 Å². The molecule has 4 amide bonds. The molecule has 46 heavy (non-hydrogen) atoms. The average molecular weight is 629 g/mol.